The average molecular weight is 302 g/mol. The molecular weight excluding hydrogens is 284 g/mol. The molecule has 0 saturated carbocycles. The standard InChI is InChI=1S/C16H18N2O4/c1-10(14(19)20)16(22)9-17-13-12-6-4-3-5-11(12)7-8-18(13)15(16,2)21/h3-8,10,21-22H,9H2,1-2H3,(H,19,20)/t10?,15-,16?/m1/s1. The summed E-state index contributed by atoms with van der Waals surface area (Å²) in [5, 5.41) is 31.0. The number of carboxylic acids is 1. The average Bonchev–Trinajstić information content (AvgIpc) is 2.49. The third-order valence-corrected chi connectivity index (χ3v) is 4.68. The molecule has 0 radical (unpaired) electrons. The number of hydrogen-bond donors (Lipinski definition) is 3. The van der Waals surface area contributed by atoms with Crippen molar-refractivity contribution < 1.29 is 20.1 Å². The monoisotopic (exact) mass is 302 g/mol. The number of benzene rings is 1. The van der Waals surface area contributed by atoms with Crippen LogP contribution >= 0.6 is 0 Å². The lowest BCUT2D eigenvalue weighted by atomic mass is 9.77. The second kappa shape index (κ2) is 4.66. The summed E-state index contributed by atoms with van der Waals surface area (Å²) in [6, 6.07) is 7.59. The first-order valence-electron chi connectivity index (χ1n) is 7.08. The van der Waals surface area contributed by atoms with Gasteiger partial charge in [-0.1, -0.05) is 24.3 Å². The summed E-state index contributed by atoms with van der Waals surface area (Å²) in [7, 11) is 0. The number of aliphatic hydroxyl groups is 2. The Morgan fingerprint density at radius 3 is 2.73 bits per heavy atom. The minimum atomic E-state index is -1.89. The van der Waals surface area contributed by atoms with Crippen LogP contribution in [0.3, 0.4) is 0 Å². The van der Waals surface area contributed by atoms with Gasteiger partial charge in [0.2, 0.25) is 0 Å². The molecule has 3 N–H and O–H groups in total. The van der Waals surface area contributed by atoms with Gasteiger partial charge in [0.25, 0.3) is 0 Å². The van der Waals surface area contributed by atoms with Gasteiger partial charge < -0.3 is 20.2 Å². The molecule has 116 valence electrons. The minimum absolute atomic E-state index is 0.179. The number of hydrogen-bond acceptors (Lipinski definition) is 5. The van der Waals surface area contributed by atoms with Gasteiger partial charge >= 0.3 is 5.97 Å². The Morgan fingerprint density at radius 1 is 1.36 bits per heavy atom. The lowest BCUT2D eigenvalue weighted by Crippen LogP contribution is -2.70. The number of carbonyl (C=O) groups is 1. The van der Waals surface area contributed by atoms with Crippen LogP contribution < -0.4 is 0 Å². The minimum Gasteiger partial charge on any atom is -0.481 e. The summed E-state index contributed by atoms with van der Waals surface area (Å²) in [5.41, 5.74) is -1.87. The predicted molar refractivity (Wildman–Crippen MR) is 81.1 cm³/mol. The lowest BCUT2D eigenvalue weighted by molar-refractivity contribution is -0.218. The van der Waals surface area contributed by atoms with Crippen LogP contribution in [0.5, 0.6) is 0 Å². The second-order valence-corrected chi connectivity index (χ2v) is 5.92. The Labute approximate surface area is 128 Å². The van der Waals surface area contributed by atoms with E-state index in [1.54, 1.807) is 12.3 Å². The molecule has 1 aromatic carbocycles. The number of carboxylic acid groups (broad SMARTS) is 1. The fourth-order valence-electron chi connectivity index (χ4n) is 3.02. The zero-order chi connectivity index (χ0) is 16.1. The molecule has 0 bridgehead atoms. The van der Waals surface area contributed by atoms with E-state index in [0.717, 1.165) is 11.1 Å². The number of rotatable bonds is 2. The molecule has 0 aromatic heterocycles. The normalized spacial score (nSPS) is 31.1. The Balaban J connectivity index is 2.12. The van der Waals surface area contributed by atoms with Gasteiger partial charge in [-0.25, -0.2) is 0 Å². The summed E-state index contributed by atoms with van der Waals surface area (Å²) in [6.45, 7) is 2.61. The van der Waals surface area contributed by atoms with Gasteiger partial charge in [-0.3, -0.25) is 9.79 Å². The summed E-state index contributed by atoms with van der Waals surface area (Å²) in [4.78, 5) is 17.1. The van der Waals surface area contributed by atoms with Crippen molar-refractivity contribution in [1.29, 1.82) is 0 Å². The lowest BCUT2D eigenvalue weighted by Gasteiger charge is -2.52. The van der Waals surface area contributed by atoms with Crippen LogP contribution in [0.15, 0.2) is 35.5 Å². The molecule has 2 heterocycles. The van der Waals surface area contributed by atoms with E-state index < -0.39 is 23.2 Å². The van der Waals surface area contributed by atoms with Crippen LogP contribution in [0.1, 0.15) is 25.0 Å². The van der Waals surface area contributed by atoms with Crippen molar-refractivity contribution in [2.75, 3.05) is 6.54 Å². The van der Waals surface area contributed by atoms with E-state index in [9.17, 15) is 20.1 Å². The molecular formula is C16H18N2O4. The molecule has 0 saturated heterocycles. The molecule has 0 spiro atoms. The smallest absolute Gasteiger partial charge is 0.309 e. The van der Waals surface area contributed by atoms with E-state index in [0.29, 0.717) is 5.84 Å². The third-order valence-electron chi connectivity index (χ3n) is 4.68. The molecule has 3 rings (SSSR count). The topological polar surface area (TPSA) is 93.4 Å². The van der Waals surface area contributed by atoms with Gasteiger partial charge in [0.15, 0.2) is 5.72 Å². The highest BCUT2D eigenvalue weighted by molar-refractivity contribution is 6.05. The fourth-order valence-corrected chi connectivity index (χ4v) is 3.02. The van der Waals surface area contributed by atoms with Crippen molar-refractivity contribution in [3.63, 3.8) is 0 Å². The molecule has 0 amide bonds. The maximum Gasteiger partial charge on any atom is 0.309 e. The maximum absolute atomic E-state index is 11.3. The Bertz CT molecular complexity index is 695. The van der Waals surface area contributed by atoms with Crippen LogP contribution in [0, 0.1) is 5.92 Å². The molecule has 2 unspecified atom stereocenters. The first kappa shape index (κ1) is 14.7. The van der Waals surface area contributed by atoms with Crippen LogP contribution in [0.25, 0.3) is 6.08 Å². The van der Waals surface area contributed by atoms with E-state index in [1.165, 1.54) is 18.7 Å². The van der Waals surface area contributed by atoms with Gasteiger partial charge in [-0.2, -0.15) is 0 Å². The van der Waals surface area contributed by atoms with Gasteiger partial charge in [0.1, 0.15) is 11.4 Å². The van der Waals surface area contributed by atoms with Crippen molar-refractivity contribution >= 4 is 17.9 Å². The maximum atomic E-state index is 11.3. The molecule has 2 aliphatic heterocycles. The number of aliphatic carboxylic acids is 1. The molecule has 6 heteroatoms. The van der Waals surface area contributed by atoms with Crippen LogP contribution in [-0.4, -0.2) is 49.9 Å². The van der Waals surface area contributed by atoms with Crippen molar-refractivity contribution in [2.45, 2.75) is 25.2 Å². The van der Waals surface area contributed by atoms with Gasteiger partial charge in [0, 0.05) is 11.8 Å². The summed E-state index contributed by atoms with van der Waals surface area (Å²) < 4.78 is 0. The highest BCUT2D eigenvalue weighted by Crippen LogP contribution is 2.40. The van der Waals surface area contributed by atoms with Crippen molar-refractivity contribution in [3.8, 4) is 0 Å². The molecule has 1 aromatic rings. The highest BCUT2D eigenvalue weighted by Gasteiger charge is 2.58. The summed E-state index contributed by atoms with van der Waals surface area (Å²) >= 11 is 0. The molecule has 0 fully saturated rings. The van der Waals surface area contributed by atoms with Crippen molar-refractivity contribution in [3.05, 3.63) is 41.6 Å². The summed E-state index contributed by atoms with van der Waals surface area (Å²) in [5.74, 6) is -1.81. The van der Waals surface area contributed by atoms with Crippen molar-refractivity contribution in [1.82, 2.24) is 4.90 Å². The van der Waals surface area contributed by atoms with Crippen LogP contribution in [0.4, 0.5) is 0 Å². The Morgan fingerprint density at radius 2 is 2.05 bits per heavy atom. The third kappa shape index (κ3) is 1.81. The zero-order valence-electron chi connectivity index (χ0n) is 12.4. The van der Waals surface area contributed by atoms with E-state index in [4.69, 9.17) is 0 Å². The molecule has 0 aliphatic carbocycles. The van der Waals surface area contributed by atoms with Gasteiger partial charge in [0.05, 0.1) is 12.5 Å². The Kier molecular flexibility index (Phi) is 3.12. The number of nitrogens with zero attached hydrogens (tertiary/aromatic N) is 2. The quantitative estimate of drug-likeness (QED) is 0.754. The second-order valence-electron chi connectivity index (χ2n) is 5.92. The SMILES string of the molecule is CC(C(=O)O)C1(O)CN=C2c3ccccc3C=CN2[C@]1(C)O. The number of fused-ring (bicyclic) bond motifs is 3. The van der Waals surface area contributed by atoms with E-state index in [2.05, 4.69) is 4.99 Å². The fraction of sp³-hybridized carbons (Fsp3) is 0.375. The number of aliphatic imine (C=N–C) groups is 1. The van der Waals surface area contributed by atoms with Crippen LogP contribution in [-0.2, 0) is 4.79 Å². The van der Waals surface area contributed by atoms with E-state index in [1.807, 2.05) is 24.3 Å². The molecule has 2 aliphatic rings. The largest absolute Gasteiger partial charge is 0.481 e. The van der Waals surface area contributed by atoms with Gasteiger partial charge in [-0.05, 0) is 25.5 Å². The Hall–Kier alpha value is -2.18. The molecule has 22 heavy (non-hydrogen) atoms. The molecule has 6 nitrogen and oxygen atoms in total. The first-order chi connectivity index (χ1) is 10.3. The van der Waals surface area contributed by atoms with E-state index in [-0.39, 0.29) is 6.54 Å². The van der Waals surface area contributed by atoms with Gasteiger partial charge in [-0.15, -0.1) is 0 Å². The summed E-state index contributed by atoms with van der Waals surface area (Å²) in [6.07, 6.45) is 3.43. The predicted octanol–water partition coefficient (Wildman–Crippen LogP) is 0.893. The van der Waals surface area contributed by atoms with E-state index >= 15 is 0 Å². The first-order valence-corrected chi connectivity index (χ1v) is 7.08. The zero-order valence-corrected chi connectivity index (χ0v) is 12.4. The van der Waals surface area contributed by atoms with Crippen LogP contribution in [0.2, 0.25) is 0 Å². The molecule has 3 atom stereocenters. The highest BCUT2D eigenvalue weighted by atomic mass is 16.4. The number of amidine groups is 1. The van der Waals surface area contributed by atoms with Crippen molar-refractivity contribution in [2.24, 2.45) is 10.9 Å².